The smallest absolute Gasteiger partial charge is 0.255 e. The Bertz CT molecular complexity index is 805. The lowest BCUT2D eigenvalue weighted by molar-refractivity contribution is 0.102. The number of aliphatic hydroxyl groups excluding tert-OH is 1. The van der Waals surface area contributed by atoms with Crippen LogP contribution in [0.25, 0.3) is 0 Å². The minimum atomic E-state index is -0.794. The molecule has 1 atom stereocenters. The van der Waals surface area contributed by atoms with Crippen molar-refractivity contribution in [3.8, 4) is 11.5 Å². The first kappa shape index (κ1) is 24.4. The van der Waals surface area contributed by atoms with E-state index in [0.29, 0.717) is 27.9 Å². The van der Waals surface area contributed by atoms with E-state index in [0.717, 1.165) is 0 Å². The van der Waals surface area contributed by atoms with E-state index in [1.807, 2.05) is 20.8 Å². The highest BCUT2D eigenvalue weighted by Gasteiger charge is 2.18. The van der Waals surface area contributed by atoms with Crippen LogP contribution in [0.3, 0.4) is 0 Å². The number of carbonyl (C=O) groups excluding carboxylic acids is 1. The Kier molecular flexibility index (Phi) is 8.94. The number of halogens is 2. The SMILES string of the molecule is Br.COc1ccc(C(=O)Nc2cc(C(O)CNC(C)(C)C)cc(Br)c2O)cc1. The van der Waals surface area contributed by atoms with Gasteiger partial charge in [-0.05, 0) is 78.7 Å². The third kappa shape index (κ3) is 6.77. The molecule has 1 amide bonds. The number of methoxy groups -OCH3 is 1. The molecule has 0 heterocycles. The molecule has 2 aromatic carbocycles. The first-order valence-electron chi connectivity index (χ1n) is 8.51. The standard InChI is InChI=1S/C20H25BrN2O4.BrH/c1-20(2,3)22-11-17(24)13-9-15(21)18(25)16(10-13)23-19(26)12-5-7-14(27-4)8-6-12;/h5-10,17,22,24-25H,11H2,1-4H3,(H,23,26);1H. The zero-order valence-electron chi connectivity index (χ0n) is 16.2. The average Bonchev–Trinajstić information content (AvgIpc) is 2.62. The predicted molar refractivity (Wildman–Crippen MR) is 120 cm³/mol. The predicted octanol–water partition coefficient (Wildman–Crippen LogP) is 4.42. The van der Waals surface area contributed by atoms with Crippen LogP contribution in [-0.4, -0.2) is 35.3 Å². The van der Waals surface area contributed by atoms with Crippen molar-refractivity contribution in [3.63, 3.8) is 0 Å². The number of rotatable bonds is 6. The molecule has 6 nitrogen and oxygen atoms in total. The average molecular weight is 518 g/mol. The Hall–Kier alpha value is -1.61. The van der Waals surface area contributed by atoms with Crippen molar-refractivity contribution in [2.75, 3.05) is 19.0 Å². The normalized spacial score (nSPS) is 12.1. The van der Waals surface area contributed by atoms with Crippen LogP contribution < -0.4 is 15.4 Å². The molecule has 0 fully saturated rings. The molecule has 0 aliphatic heterocycles. The highest BCUT2D eigenvalue weighted by Crippen LogP contribution is 2.35. The number of amides is 1. The summed E-state index contributed by atoms with van der Waals surface area (Å²) in [6, 6.07) is 9.83. The zero-order chi connectivity index (χ0) is 20.2. The van der Waals surface area contributed by atoms with Gasteiger partial charge >= 0.3 is 0 Å². The fourth-order valence-electron chi connectivity index (χ4n) is 2.37. The van der Waals surface area contributed by atoms with Gasteiger partial charge in [0.05, 0.1) is 23.4 Å². The molecule has 1 unspecified atom stereocenters. The second-order valence-corrected chi connectivity index (χ2v) is 8.08. The Labute approximate surface area is 184 Å². The lowest BCUT2D eigenvalue weighted by Crippen LogP contribution is -2.38. The van der Waals surface area contributed by atoms with E-state index in [9.17, 15) is 15.0 Å². The van der Waals surface area contributed by atoms with E-state index in [1.54, 1.807) is 43.5 Å². The van der Waals surface area contributed by atoms with Gasteiger partial charge in [-0.2, -0.15) is 0 Å². The summed E-state index contributed by atoms with van der Waals surface area (Å²) in [7, 11) is 1.55. The number of ether oxygens (including phenoxy) is 1. The van der Waals surface area contributed by atoms with Crippen molar-refractivity contribution >= 4 is 44.5 Å². The molecular weight excluding hydrogens is 492 g/mol. The van der Waals surface area contributed by atoms with E-state index in [2.05, 4.69) is 26.6 Å². The number of hydrogen-bond donors (Lipinski definition) is 4. The third-order valence-electron chi connectivity index (χ3n) is 3.90. The monoisotopic (exact) mass is 516 g/mol. The fraction of sp³-hybridized carbons (Fsp3) is 0.350. The number of nitrogens with one attached hydrogen (secondary N) is 2. The lowest BCUT2D eigenvalue weighted by atomic mass is 10.0. The molecule has 4 N–H and O–H groups in total. The van der Waals surface area contributed by atoms with E-state index in [-0.39, 0.29) is 39.9 Å². The number of benzene rings is 2. The summed E-state index contributed by atoms with van der Waals surface area (Å²) >= 11 is 3.27. The first-order chi connectivity index (χ1) is 12.6. The van der Waals surface area contributed by atoms with E-state index < -0.39 is 6.10 Å². The van der Waals surface area contributed by atoms with E-state index in [4.69, 9.17) is 4.74 Å². The molecule has 0 aliphatic carbocycles. The number of hydrogen-bond acceptors (Lipinski definition) is 5. The van der Waals surface area contributed by atoms with Crippen LogP contribution in [0.5, 0.6) is 11.5 Å². The van der Waals surface area contributed by atoms with Crippen molar-refractivity contribution in [1.82, 2.24) is 5.32 Å². The van der Waals surface area contributed by atoms with Crippen molar-refractivity contribution in [2.24, 2.45) is 0 Å². The molecular formula is C20H26Br2N2O4. The molecule has 154 valence electrons. The Morgan fingerprint density at radius 1 is 1.21 bits per heavy atom. The molecule has 0 radical (unpaired) electrons. The van der Waals surface area contributed by atoms with Gasteiger partial charge in [0.2, 0.25) is 0 Å². The van der Waals surface area contributed by atoms with Crippen molar-refractivity contribution in [3.05, 3.63) is 52.0 Å². The minimum absolute atomic E-state index is 0. The molecule has 2 rings (SSSR count). The summed E-state index contributed by atoms with van der Waals surface area (Å²) in [5.41, 5.74) is 1.07. The van der Waals surface area contributed by atoms with Crippen molar-refractivity contribution < 1.29 is 19.7 Å². The number of aromatic hydroxyl groups is 1. The zero-order valence-corrected chi connectivity index (χ0v) is 19.5. The van der Waals surface area contributed by atoms with Gasteiger partial charge in [-0.1, -0.05) is 0 Å². The molecule has 0 aromatic heterocycles. The number of carbonyl (C=O) groups is 1. The highest BCUT2D eigenvalue weighted by atomic mass is 79.9. The van der Waals surface area contributed by atoms with Gasteiger partial charge in [0.15, 0.2) is 5.75 Å². The maximum atomic E-state index is 12.5. The molecule has 0 spiro atoms. The summed E-state index contributed by atoms with van der Waals surface area (Å²) in [6.07, 6.45) is -0.794. The van der Waals surface area contributed by atoms with Crippen LogP contribution in [0.2, 0.25) is 0 Å². The van der Waals surface area contributed by atoms with Gasteiger partial charge in [-0.15, -0.1) is 17.0 Å². The number of phenolic OH excluding ortho intramolecular Hbond substituents is 1. The summed E-state index contributed by atoms with van der Waals surface area (Å²) < 4.78 is 5.47. The van der Waals surface area contributed by atoms with Gasteiger partial charge in [0.1, 0.15) is 5.75 Å². The summed E-state index contributed by atoms with van der Waals surface area (Å²) in [6.45, 7) is 6.36. The van der Waals surface area contributed by atoms with Crippen LogP contribution in [0, 0.1) is 0 Å². The Balaban J connectivity index is 0.00000392. The number of aliphatic hydroxyl groups is 1. The fourth-order valence-corrected chi connectivity index (χ4v) is 2.84. The number of phenols is 1. The molecule has 0 aliphatic rings. The van der Waals surface area contributed by atoms with Gasteiger partial charge in [-0.3, -0.25) is 4.79 Å². The van der Waals surface area contributed by atoms with E-state index >= 15 is 0 Å². The quantitative estimate of drug-likeness (QED) is 0.426. The summed E-state index contributed by atoms with van der Waals surface area (Å²) in [5.74, 6) is 0.171. The van der Waals surface area contributed by atoms with Crippen LogP contribution in [-0.2, 0) is 0 Å². The summed E-state index contributed by atoms with van der Waals surface area (Å²) in [4.78, 5) is 12.5. The first-order valence-corrected chi connectivity index (χ1v) is 9.31. The van der Waals surface area contributed by atoms with Crippen LogP contribution >= 0.6 is 32.9 Å². The number of β-amino-alcohol motifs (C(OH)–C–C–N with tert-alkyl or cyclic N) is 1. The molecule has 2 aromatic rings. The van der Waals surface area contributed by atoms with Gasteiger partial charge in [-0.25, -0.2) is 0 Å². The highest BCUT2D eigenvalue weighted by molar-refractivity contribution is 9.10. The topological polar surface area (TPSA) is 90.8 Å². The molecule has 0 bridgehead atoms. The molecule has 0 saturated carbocycles. The largest absolute Gasteiger partial charge is 0.505 e. The lowest BCUT2D eigenvalue weighted by Gasteiger charge is -2.23. The van der Waals surface area contributed by atoms with Crippen molar-refractivity contribution in [2.45, 2.75) is 32.4 Å². The van der Waals surface area contributed by atoms with Crippen LogP contribution in [0.1, 0.15) is 42.8 Å². The van der Waals surface area contributed by atoms with Gasteiger partial charge in [0.25, 0.3) is 5.91 Å². The van der Waals surface area contributed by atoms with E-state index in [1.165, 1.54) is 0 Å². The second kappa shape index (κ2) is 10.2. The Morgan fingerprint density at radius 3 is 2.36 bits per heavy atom. The number of anilines is 1. The Morgan fingerprint density at radius 2 is 1.82 bits per heavy atom. The minimum Gasteiger partial charge on any atom is -0.505 e. The maximum Gasteiger partial charge on any atom is 0.255 e. The maximum absolute atomic E-state index is 12.5. The molecule has 28 heavy (non-hydrogen) atoms. The van der Waals surface area contributed by atoms with Crippen LogP contribution in [0.4, 0.5) is 5.69 Å². The molecule has 8 heteroatoms. The second-order valence-electron chi connectivity index (χ2n) is 7.23. The summed E-state index contributed by atoms with van der Waals surface area (Å²) in [5, 5.41) is 26.6. The van der Waals surface area contributed by atoms with Crippen LogP contribution in [0.15, 0.2) is 40.9 Å². The van der Waals surface area contributed by atoms with Gasteiger partial charge < -0.3 is 25.6 Å². The van der Waals surface area contributed by atoms with Gasteiger partial charge in [0, 0.05) is 17.6 Å². The third-order valence-corrected chi connectivity index (χ3v) is 4.50. The molecule has 0 saturated heterocycles. The van der Waals surface area contributed by atoms with Crippen molar-refractivity contribution in [1.29, 1.82) is 0 Å².